The number of methoxy groups -OCH3 is 1. The third-order valence-corrected chi connectivity index (χ3v) is 5.45. The molecular formula is C26H32N2O3. The van der Waals surface area contributed by atoms with Crippen LogP contribution < -0.4 is 14.8 Å². The van der Waals surface area contributed by atoms with Crippen molar-refractivity contribution in [2.45, 2.75) is 39.5 Å². The third-order valence-electron chi connectivity index (χ3n) is 5.45. The molecule has 0 heterocycles. The van der Waals surface area contributed by atoms with Gasteiger partial charge in [0, 0.05) is 18.2 Å². The zero-order chi connectivity index (χ0) is 22.4. The van der Waals surface area contributed by atoms with E-state index in [9.17, 15) is 4.79 Å². The number of carbonyl (C=O) groups excluding carboxylic acids is 1. The maximum atomic E-state index is 12.8. The molecule has 5 heteroatoms. The van der Waals surface area contributed by atoms with Crippen molar-refractivity contribution >= 4 is 16.7 Å². The fourth-order valence-corrected chi connectivity index (χ4v) is 3.40. The van der Waals surface area contributed by atoms with Crippen molar-refractivity contribution < 1.29 is 14.3 Å². The van der Waals surface area contributed by atoms with E-state index >= 15 is 0 Å². The maximum absolute atomic E-state index is 12.8. The Hall–Kier alpha value is -3.05. The highest BCUT2D eigenvalue weighted by Gasteiger charge is 2.15. The van der Waals surface area contributed by atoms with Gasteiger partial charge in [-0.25, -0.2) is 0 Å². The van der Waals surface area contributed by atoms with Gasteiger partial charge in [0.15, 0.2) is 11.5 Å². The van der Waals surface area contributed by atoms with Crippen molar-refractivity contribution in [1.29, 1.82) is 0 Å². The molecule has 0 aliphatic heterocycles. The summed E-state index contributed by atoms with van der Waals surface area (Å²) in [4.78, 5) is 15.0. The van der Waals surface area contributed by atoms with Crippen LogP contribution >= 0.6 is 0 Å². The molecule has 0 aliphatic carbocycles. The predicted octanol–water partition coefficient (Wildman–Crippen LogP) is 4.89. The van der Waals surface area contributed by atoms with Gasteiger partial charge >= 0.3 is 0 Å². The molecule has 1 atom stereocenters. The normalized spacial score (nSPS) is 12.2. The average molecular weight is 421 g/mol. The number of ether oxygens (including phenoxy) is 2. The lowest BCUT2D eigenvalue weighted by Gasteiger charge is -2.22. The first kappa shape index (κ1) is 22.6. The Morgan fingerprint density at radius 3 is 2.48 bits per heavy atom. The minimum absolute atomic E-state index is 0.105. The Kier molecular flexibility index (Phi) is 7.53. The molecule has 0 fully saturated rings. The van der Waals surface area contributed by atoms with Gasteiger partial charge in [0.2, 0.25) is 0 Å². The number of carbonyl (C=O) groups is 1. The molecule has 0 aliphatic rings. The number of benzene rings is 3. The second kappa shape index (κ2) is 10.3. The summed E-state index contributed by atoms with van der Waals surface area (Å²) in [6, 6.07) is 20.1. The molecule has 1 amide bonds. The summed E-state index contributed by atoms with van der Waals surface area (Å²) in [5, 5.41) is 4.99. The highest BCUT2D eigenvalue weighted by molar-refractivity contribution is 6.07. The van der Waals surface area contributed by atoms with Gasteiger partial charge in [0.25, 0.3) is 5.91 Å². The Bertz CT molecular complexity index is 1030. The highest BCUT2D eigenvalue weighted by Crippen LogP contribution is 2.29. The Morgan fingerprint density at radius 1 is 1.00 bits per heavy atom. The van der Waals surface area contributed by atoms with Gasteiger partial charge in [0.1, 0.15) is 6.10 Å². The first-order chi connectivity index (χ1) is 14.9. The van der Waals surface area contributed by atoms with E-state index in [1.165, 1.54) is 0 Å². The van der Waals surface area contributed by atoms with Gasteiger partial charge in [0.05, 0.1) is 13.7 Å². The smallest absolute Gasteiger partial charge is 0.252 e. The SMILES string of the molecule is COc1ccc(CN(C)C(C)C)cc1O[C@@H](C)CNC(=O)c1cccc2ccccc12. The Labute approximate surface area is 185 Å². The van der Waals surface area contributed by atoms with E-state index in [4.69, 9.17) is 9.47 Å². The zero-order valence-electron chi connectivity index (χ0n) is 19.0. The quantitative estimate of drug-likeness (QED) is 0.536. The Morgan fingerprint density at radius 2 is 1.74 bits per heavy atom. The zero-order valence-corrected chi connectivity index (χ0v) is 19.0. The Balaban J connectivity index is 1.66. The summed E-state index contributed by atoms with van der Waals surface area (Å²) in [6.45, 7) is 7.49. The van der Waals surface area contributed by atoms with Gasteiger partial charge in [-0.15, -0.1) is 0 Å². The second-order valence-electron chi connectivity index (χ2n) is 8.16. The molecular weight excluding hydrogens is 388 g/mol. The lowest BCUT2D eigenvalue weighted by molar-refractivity contribution is 0.0933. The largest absolute Gasteiger partial charge is 0.493 e. The molecule has 1 N–H and O–H groups in total. The lowest BCUT2D eigenvalue weighted by atomic mass is 10.0. The fraction of sp³-hybridized carbons (Fsp3) is 0.346. The number of nitrogens with zero attached hydrogens (tertiary/aromatic N) is 1. The van der Waals surface area contributed by atoms with Crippen molar-refractivity contribution in [2.24, 2.45) is 0 Å². The lowest BCUT2D eigenvalue weighted by Crippen LogP contribution is -2.33. The van der Waals surface area contributed by atoms with Crippen LogP contribution in [0.1, 0.15) is 36.7 Å². The summed E-state index contributed by atoms with van der Waals surface area (Å²) in [6.07, 6.45) is -0.217. The minimum atomic E-state index is -0.217. The topological polar surface area (TPSA) is 50.8 Å². The van der Waals surface area contributed by atoms with Crippen molar-refractivity contribution in [3.05, 3.63) is 71.8 Å². The highest BCUT2D eigenvalue weighted by atomic mass is 16.5. The van der Waals surface area contributed by atoms with E-state index in [1.807, 2.05) is 61.5 Å². The van der Waals surface area contributed by atoms with Crippen molar-refractivity contribution in [3.63, 3.8) is 0 Å². The van der Waals surface area contributed by atoms with Crippen LogP contribution in [0.5, 0.6) is 11.5 Å². The molecule has 0 saturated carbocycles. The predicted molar refractivity (Wildman–Crippen MR) is 126 cm³/mol. The van der Waals surface area contributed by atoms with Crippen LogP contribution in [0.4, 0.5) is 0 Å². The maximum Gasteiger partial charge on any atom is 0.252 e. The third kappa shape index (κ3) is 5.76. The first-order valence-corrected chi connectivity index (χ1v) is 10.7. The number of nitrogens with one attached hydrogen (secondary N) is 1. The standard InChI is InChI=1S/C26H32N2O3/c1-18(2)28(4)17-20-13-14-24(30-5)25(15-20)31-19(3)16-27-26(29)23-12-8-10-21-9-6-7-11-22(21)23/h6-15,18-19H,16-17H2,1-5H3,(H,27,29)/t19-/m0/s1. The van der Waals surface area contributed by atoms with Crippen molar-refractivity contribution in [1.82, 2.24) is 10.2 Å². The van der Waals surface area contributed by atoms with Gasteiger partial charge in [-0.05, 0) is 62.4 Å². The summed E-state index contributed by atoms with van der Waals surface area (Å²) in [5.41, 5.74) is 1.82. The summed E-state index contributed by atoms with van der Waals surface area (Å²) in [5.74, 6) is 1.26. The molecule has 3 aromatic carbocycles. The summed E-state index contributed by atoms with van der Waals surface area (Å²) < 4.78 is 11.6. The number of hydrogen-bond donors (Lipinski definition) is 1. The van der Waals surface area contributed by atoms with E-state index in [0.717, 1.165) is 22.9 Å². The van der Waals surface area contributed by atoms with Gasteiger partial charge in [-0.1, -0.05) is 42.5 Å². The van der Waals surface area contributed by atoms with Crippen LogP contribution in [0.15, 0.2) is 60.7 Å². The molecule has 31 heavy (non-hydrogen) atoms. The molecule has 0 spiro atoms. The van der Waals surface area contributed by atoms with Crippen LogP contribution in [0.2, 0.25) is 0 Å². The van der Waals surface area contributed by atoms with Crippen LogP contribution in [-0.4, -0.2) is 43.7 Å². The second-order valence-corrected chi connectivity index (χ2v) is 8.16. The molecule has 0 radical (unpaired) electrons. The van der Waals surface area contributed by atoms with E-state index in [-0.39, 0.29) is 12.0 Å². The molecule has 0 saturated heterocycles. The first-order valence-electron chi connectivity index (χ1n) is 10.7. The van der Waals surface area contributed by atoms with E-state index in [1.54, 1.807) is 7.11 Å². The number of rotatable bonds is 9. The van der Waals surface area contributed by atoms with Crippen LogP contribution in [0.25, 0.3) is 10.8 Å². The van der Waals surface area contributed by atoms with Crippen LogP contribution in [-0.2, 0) is 6.54 Å². The molecule has 3 rings (SSSR count). The molecule has 0 unspecified atom stereocenters. The van der Waals surface area contributed by atoms with E-state index in [0.29, 0.717) is 29.6 Å². The molecule has 0 bridgehead atoms. The van der Waals surface area contributed by atoms with Crippen LogP contribution in [0.3, 0.4) is 0 Å². The average Bonchev–Trinajstić information content (AvgIpc) is 2.77. The minimum Gasteiger partial charge on any atom is -0.493 e. The molecule has 164 valence electrons. The number of fused-ring (bicyclic) bond motifs is 1. The fourth-order valence-electron chi connectivity index (χ4n) is 3.40. The molecule has 0 aromatic heterocycles. The summed E-state index contributed by atoms with van der Waals surface area (Å²) in [7, 11) is 3.73. The molecule has 3 aromatic rings. The summed E-state index contributed by atoms with van der Waals surface area (Å²) >= 11 is 0. The van der Waals surface area contributed by atoms with E-state index in [2.05, 4.69) is 37.2 Å². The van der Waals surface area contributed by atoms with E-state index < -0.39 is 0 Å². The van der Waals surface area contributed by atoms with Gasteiger partial charge in [-0.3, -0.25) is 9.69 Å². The number of hydrogen-bond acceptors (Lipinski definition) is 4. The van der Waals surface area contributed by atoms with Crippen LogP contribution in [0, 0.1) is 0 Å². The van der Waals surface area contributed by atoms with Gasteiger partial charge in [-0.2, -0.15) is 0 Å². The van der Waals surface area contributed by atoms with Gasteiger partial charge < -0.3 is 14.8 Å². The monoisotopic (exact) mass is 420 g/mol. The number of amides is 1. The molecule has 5 nitrogen and oxygen atoms in total. The van der Waals surface area contributed by atoms with Crippen molar-refractivity contribution in [2.75, 3.05) is 20.7 Å². The van der Waals surface area contributed by atoms with Crippen molar-refractivity contribution in [3.8, 4) is 11.5 Å².